The van der Waals surface area contributed by atoms with E-state index in [4.69, 9.17) is 0 Å². The number of nitrogens with zero attached hydrogens (tertiary/aromatic N) is 2. The first-order valence-electron chi connectivity index (χ1n) is 5.65. The van der Waals surface area contributed by atoms with Gasteiger partial charge in [0, 0.05) is 18.1 Å². The first-order chi connectivity index (χ1) is 8.56. The number of hydrogen-bond donors (Lipinski definition) is 0. The zero-order chi connectivity index (χ0) is 13.1. The van der Waals surface area contributed by atoms with E-state index >= 15 is 0 Å². The van der Waals surface area contributed by atoms with E-state index in [1.165, 1.54) is 12.1 Å². The van der Waals surface area contributed by atoms with Gasteiger partial charge in [-0.2, -0.15) is 0 Å². The number of pyridine rings is 1. The largest absolute Gasteiger partial charge is 0.355 e. The van der Waals surface area contributed by atoms with E-state index in [1.807, 2.05) is 31.0 Å². The Hall–Kier alpha value is -1.42. The van der Waals surface area contributed by atoms with Gasteiger partial charge in [0.2, 0.25) is 0 Å². The molecule has 18 heavy (non-hydrogen) atoms. The number of aryl methyl sites for hydroxylation is 1. The molecule has 0 spiro atoms. The highest BCUT2D eigenvalue weighted by Crippen LogP contribution is 2.19. The molecule has 0 saturated heterocycles. The number of benzene rings is 1. The van der Waals surface area contributed by atoms with Crippen molar-refractivity contribution in [2.45, 2.75) is 13.5 Å². The van der Waals surface area contributed by atoms with Gasteiger partial charge in [0.1, 0.15) is 11.6 Å². The highest BCUT2D eigenvalue weighted by Gasteiger charge is 2.05. The molecule has 0 atom stereocenters. The zero-order valence-electron chi connectivity index (χ0n) is 10.3. The van der Waals surface area contributed by atoms with Crippen molar-refractivity contribution in [3.8, 4) is 0 Å². The van der Waals surface area contributed by atoms with E-state index in [2.05, 4.69) is 20.9 Å². The molecule has 0 radical (unpaired) electrons. The van der Waals surface area contributed by atoms with Crippen molar-refractivity contribution in [2.75, 3.05) is 11.9 Å². The third kappa shape index (κ3) is 3.07. The summed E-state index contributed by atoms with van der Waals surface area (Å²) in [4.78, 5) is 6.53. The fourth-order valence-electron chi connectivity index (χ4n) is 1.69. The molecule has 1 aromatic heterocycles. The van der Waals surface area contributed by atoms with Gasteiger partial charge in [-0.25, -0.2) is 9.37 Å². The lowest BCUT2D eigenvalue weighted by Gasteiger charge is -2.19. The SMILES string of the molecule is Cc1nc(N(C)Cc2ccc(F)cc2)ccc1Br. The van der Waals surface area contributed by atoms with Crippen LogP contribution in [-0.4, -0.2) is 12.0 Å². The van der Waals surface area contributed by atoms with Crippen LogP contribution < -0.4 is 4.90 Å². The maximum atomic E-state index is 12.8. The lowest BCUT2D eigenvalue weighted by molar-refractivity contribution is 0.627. The molecular formula is C14H14BrFN2. The lowest BCUT2D eigenvalue weighted by Crippen LogP contribution is -2.17. The van der Waals surface area contributed by atoms with Crippen LogP contribution in [0.25, 0.3) is 0 Å². The van der Waals surface area contributed by atoms with Gasteiger partial charge >= 0.3 is 0 Å². The van der Waals surface area contributed by atoms with E-state index in [0.29, 0.717) is 6.54 Å². The fourth-order valence-corrected chi connectivity index (χ4v) is 1.91. The number of hydrogen-bond acceptors (Lipinski definition) is 2. The molecule has 94 valence electrons. The van der Waals surface area contributed by atoms with Crippen LogP contribution >= 0.6 is 15.9 Å². The quantitative estimate of drug-likeness (QED) is 0.854. The van der Waals surface area contributed by atoms with E-state index in [1.54, 1.807) is 12.1 Å². The van der Waals surface area contributed by atoms with Gasteiger partial charge in [0.05, 0.1) is 5.69 Å². The molecule has 0 amide bonds. The molecule has 4 heteroatoms. The summed E-state index contributed by atoms with van der Waals surface area (Å²) in [5.74, 6) is 0.694. The van der Waals surface area contributed by atoms with Crippen molar-refractivity contribution >= 4 is 21.7 Å². The van der Waals surface area contributed by atoms with E-state index in [0.717, 1.165) is 21.5 Å². The normalized spacial score (nSPS) is 10.4. The van der Waals surface area contributed by atoms with Crippen LogP contribution in [0.3, 0.4) is 0 Å². The molecule has 2 rings (SSSR count). The third-order valence-corrected chi connectivity index (χ3v) is 3.57. The Kier molecular flexibility index (Phi) is 3.97. The van der Waals surface area contributed by atoms with Crippen molar-refractivity contribution in [2.24, 2.45) is 0 Å². The van der Waals surface area contributed by atoms with Gasteiger partial charge < -0.3 is 4.90 Å². The molecule has 0 fully saturated rings. The fraction of sp³-hybridized carbons (Fsp3) is 0.214. The highest BCUT2D eigenvalue weighted by atomic mass is 79.9. The minimum absolute atomic E-state index is 0.209. The third-order valence-electron chi connectivity index (χ3n) is 2.73. The van der Waals surface area contributed by atoms with Crippen molar-refractivity contribution in [3.05, 3.63) is 57.9 Å². The van der Waals surface area contributed by atoms with Gasteiger partial charge in [0.15, 0.2) is 0 Å². The van der Waals surface area contributed by atoms with Crippen LogP contribution in [0.1, 0.15) is 11.3 Å². The molecule has 0 aliphatic heterocycles. The molecule has 2 nitrogen and oxygen atoms in total. The Morgan fingerprint density at radius 2 is 1.83 bits per heavy atom. The summed E-state index contributed by atoms with van der Waals surface area (Å²) in [6.07, 6.45) is 0. The Morgan fingerprint density at radius 3 is 2.44 bits per heavy atom. The molecular weight excluding hydrogens is 295 g/mol. The van der Waals surface area contributed by atoms with Crippen molar-refractivity contribution in [1.29, 1.82) is 0 Å². The van der Waals surface area contributed by atoms with E-state index in [9.17, 15) is 4.39 Å². The Morgan fingerprint density at radius 1 is 1.17 bits per heavy atom. The van der Waals surface area contributed by atoms with Crippen molar-refractivity contribution in [3.63, 3.8) is 0 Å². The van der Waals surface area contributed by atoms with Gasteiger partial charge in [-0.15, -0.1) is 0 Å². The maximum absolute atomic E-state index is 12.8. The van der Waals surface area contributed by atoms with Crippen molar-refractivity contribution in [1.82, 2.24) is 4.98 Å². The average Bonchev–Trinajstić information content (AvgIpc) is 2.35. The second-order valence-electron chi connectivity index (χ2n) is 4.22. The number of anilines is 1. The summed E-state index contributed by atoms with van der Waals surface area (Å²) in [6.45, 7) is 2.66. The molecule has 0 aliphatic rings. The Balaban J connectivity index is 2.13. The molecule has 0 aliphatic carbocycles. The monoisotopic (exact) mass is 308 g/mol. The van der Waals surface area contributed by atoms with Crippen LogP contribution in [0.15, 0.2) is 40.9 Å². The first kappa shape index (κ1) is 13.0. The summed E-state index contributed by atoms with van der Waals surface area (Å²) in [7, 11) is 1.97. The van der Waals surface area contributed by atoms with Crippen molar-refractivity contribution < 1.29 is 4.39 Å². The van der Waals surface area contributed by atoms with Crippen LogP contribution in [-0.2, 0) is 6.54 Å². The summed E-state index contributed by atoms with van der Waals surface area (Å²) in [5.41, 5.74) is 2.01. The van der Waals surface area contributed by atoms with Gasteiger partial charge in [0.25, 0.3) is 0 Å². The van der Waals surface area contributed by atoms with Gasteiger partial charge in [-0.1, -0.05) is 12.1 Å². The average molecular weight is 309 g/mol. The highest BCUT2D eigenvalue weighted by molar-refractivity contribution is 9.10. The predicted molar refractivity (Wildman–Crippen MR) is 75.2 cm³/mol. The smallest absolute Gasteiger partial charge is 0.128 e. The standard InChI is InChI=1S/C14H14BrFN2/c1-10-13(15)7-8-14(17-10)18(2)9-11-3-5-12(16)6-4-11/h3-8H,9H2,1-2H3. The molecule has 0 N–H and O–H groups in total. The van der Waals surface area contributed by atoms with Crippen LogP contribution in [0.4, 0.5) is 10.2 Å². The molecule has 0 saturated carbocycles. The second kappa shape index (κ2) is 5.48. The topological polar surface area (TPSA) is 16.1 Å². The molecule has 2 aromatic rings. The molecule has 0 unspecified atom stereocenters. The van der Waals surface area contributed by atoms with Crippen LogP contribution in [0.5, 0.6) is 0 Å². The number of aromatic nitrogens is 1. The first-order valence-corrected chi connectivity index (χ1v) is 6.44. The van der Waals surface area contributed by atoms with Crippen LogP contribution in [0.2, 0.25) is 0 Å². The predicted octanol–water partition coefficient (Wildman–Crippen LogP) is 3.93. The summed E-state index contributed by atoms with van der Waals surface area (Å²) in [5, 5.41) is 0. The molecule has 1 heterocycles. The minimum atomic E-state index is -0.209. The van der Waals surface area contributed by atoms with E-state index in [-0.39, 0.29) is 5.82 Å². The lowest BCUT2D eigenvalue weighted by atomic mass is 10.2. The second-order valence-corrected chi connectivity index (χ2v) is 5.07. The summed E-state index contributed by atoms with van der Waals surface area (Å²) < 4.78 is 13.8. The van der Waals surface area contributed by atoms with Crippen LogP contribution in [0, 0.1) is 12.7 Å². The summed E-state index contributed by atoms with van der Waals surface area (Å²) in [6, 6.07) is 10.5. The summed E-state index contributed by atoms with van der Waals surface area (Å²) >= 11 is 3.43. The molecule has 1 aromatic carbocycles. The number of rotatable bonds is 3. The van der Waals surface area contributed by atoms with E-state index < -0.39 is 0 Å². The number of halogens is 2. The van der Waals surface area contributed by atoms with Gasteiger partial charge in [-0.3, -0.25) is 0 Å². The zero-order valence-corrected chi connectivity index (χ0v) is 11.9. The molecule has 0 bridgehead atoms. The Bertz CT molecular complexity index is 540. The Labute approximate surface area is 115 Å². The van der Waals surface area contributed by atoms with Gasteiger partial charge in [-0.05, 0) is 52.7 Å². The minimum Gasteiger partial charge on any atom is -0.355 e. The maximum Gasteiger partial charge on any atom is 0.128 e.